The first kappa shape index (κ1) is 17.5. The van der Waals surface area contributed by atoms with Crippen LogP contribution in [0.15, 0.2) is 89.8 Å². The molecule has 3 heteroatoms. The maximum atomic E-state index is 12.9. The molecule has 1 nitrogen and oxygen atoms in total. The Hall–Kier alpha value is -2.55. The van der Waals surface area contributed by atoms with Crippen molar-refractivity contribution in [3.8, 4) is 0 Å². The first-order chi connectivity index (χ1) is 10.6. The van der Waals surface area contributed by atoms with Gasteiger partial charge in [0.25, 0.3) is 0 Å². The molecule has 114 valence electrons. The Morgan fingerprint density at radius 3 is 2.32 bits per heavy atom. The van der Waals surface area contributed by atoms with Crippen molar-refractivity contribution in [1.82, 2.24) is 0 Å². The quantitative estimate of drug-likeness (QED) is 0.496. The number of allylic oxidation sites excluding steroid dienone is 9. The van der Waals surface area contributed by atoms with E-state index in [-0.39, 0.29) is 11.6 Å². The number of hydrogen-bond acceptors (Lipinski definition) is 1. The van der Waals surface area contributed by atoms with E-state index in [1.165, 1.54) is 18.2 Å². The zero-order chi connectivity index (χ0) is 16.4. The Labute approximate surface area is 130 Å². The van der Waals surface area contributed by atoms with E-state index in [1.807, 2.05) is 31.2 Å². The lowest BCUT2D eigenvalue weighted by Crippen LogP contribution is -1.96. The molecule has 0 saturated heterocycles. The SMILES string of the molecule is C=C\C(F)=C/C=C(C)/C=C\C=C/C(=N\C)c1ccc(F)cc1. The van der Waals surface area contributed by atoms with Crippen LogP contribution >= 0.6 is 0 Å². The van der Waals surface area contributed by atoms with E-state index in [0.717, 1.165) is 22.9 Å². The molecule has 0 fully saturated rings. The topological polar surface area (TPSA) is 12.4 Å². The normalized spacial score (nSPS) is 14.1. The Kier molecular flexibility index (Phi) is 7.48. The highest BCUT2D eigenvalue weighted by Gasteiger charge is 1.98. The summed E-state index contributed by atoms with van der Waals surface area (Å²) in [6.45, 7) is 5.21. The summed E-state index contributed by atoms with van der Waals surface area (Å²) in [6.07, 6.45) is 11.5. The van der Waals surface area contributed by atoms with Crippen molar-refractivity contribution in [1.29, 1.82) is 0 Å². The van der Waals surface area contributed by atoms with Crippen molar-refractivity contribution < 1.29 is 8.78 Å². The van der Waals surface area contributed by atoms with Crippen LogP contribution in [0.4, 0.5) is 8.78 Å². The van der Waals surface area contributed by atoms with Crippen LogP contribution in [0, 0.1) is 5.82 Å². The number of nitrogens with zero attached hydrogens (tertiary/aromatic N) is 1. The van der Waals surface area contributed by atoms with E-state index >= 15 is 0 Å². The van der Waals surface area contributed by atoms with Gasteiger partial charge in [0.05, 0.1) is 5.71 Å². The van der Waals surface area contributed by atoms with Gasteiger partial charge >= 0.3 is 0 Å². The zero-order valence-electron chi connectivity index (χ0n) is 12.8. The standard InChI is InChI=1S/C19H19F2N/c1-4-17(20)12-9-15(2)7-5-6-8-19(22-3)16-10-13-18(21)14-11-16/h4-14H,1H2,2-3H3/b7-5-,8-6-,15-9+,17-12+,22-19+. The van der Waals surface area contributed by atoms with E-state index in [2.05, 4.69) is 11.6 Å². The van der Waals surface area contributed by atoms with E-state index in [1.54, 1.807) is 25.3 Å². The van der Waals surface area contributed by atoms with E-state index < -0.39 is 0 Å². The van der Waals surface area contributed by atoms with Gasteiger partial charge in [0.15, 0.2) is 0 Å². The molecule has 0 saturated carbocycles. The monoisotopic (exact) mass is 299 g/mol. The van der Waals surface area contributed by atoms with Crippen molar-refractivity contribution in [2.45, 2.75) is 6.92 Å². The van der Waals surface area contributed by atoms with Gasteiger partial charge in [0.1, 0.15) is 11.6 Å². The summed E-state index contributed by atoms with van der Waals surface area (Å²) < 4.78 is 25.8. The molecule has 0 spiro atoms. The summed E-state index contributed by atoms with van der Waals surface area (Å²) >= 11 is 0. The van der Waals surface area contributed by atoms with Crippen molar-refractivity contribution in [3.63, 3.8) is 0 Å². The first-order valence-electron chi connectivity index (χ1n) is 6.81. The second-order valence-corrected chi connectivity index (χ2v) is 4.50. The molecule has 0 heterocycles. The minimum atomic E-state index is -0.375. The molecule has 0 radical (unpaired) electrons. The van der Waals surface area contributed by atoms with Gasteiger partial charge in [-0.1, -0.05) is 36.5 Å². The fourth-order valence-electron chi connectivity index (χ4n) is 1.61. The molecule has 1 aromatic rings. The van der Waals surface area contributed by atoms with Crippen LogP contribution in [0.2, 0.25) is 0 Å². The van der Waals surface area contributed by atoms with Crippen LogP contribution in [0.1, 0.15) is 12.5 Å². The molecule has 0 aliphatic rings. The average Bonchev–Trinajstić information content (AvgIpc) is 2.53. The Balaban J connectivity index is 2.72. The maximum Gasteiger partial charge on any atom is 0.123 e. The van der Waals surface area contributed by atoms with Crippen LogP contribution in [0.3, 0.4) is 0 Å². The minimum absolute atomic E-state index is 0.274. The van der Waals surface area contributed by atoms with Gasteiger partial charge in [-0.3, -0.25) is 4.99 Å². The maximum absolute atomic E-state index is 12.9. The van der Waals surface area contributed by atoms with Crippen LogP contribution < -0.4 is 0 Å². The Morgan fingerprint density at radius 2 is 1.73 bits per heavy atom. The van der Waals surface area contributed by atoms with Crippen molar-refractivity contribution in [2.75, 3.05) is 7.05 Å². The smallest absolute Gasteiger partial charge is 0.123 e. The Bertz CT molecular complexity index is 645. The predicted octanol–water partition coefficient (Wildman–Crippen LogP) is 5.34. The van der Waals surface area contributed by atoms with Gasteiger partial charge < -0.3 is 0 Å². The molecule has 0 amide bonds. The van der Waals surface area contributed by atoms with E-state index in [0.29, 0.717) is 0 Å². The molecular weight excluding hydrogens is 280 g/mol. The van der Waals surface area contributed by atoms with Gasteiger partial charge in [-0.25, -0.2) is 8.78 Å². The number of halogens is 2. The second-order valence-electron chi connectivity index (χ2n) is 4.50. The number of benzene rings is 1. The van der Waals surface area contributed by atoms with Crippen LogP contribution in [-0.2, 0) is 0 Å². The molecule has 0 atom stereocenters. The van der Waals surface area contributed by atoms with Crippen LogP contribution in [0.25, 0.3) is 0 Å². The summed E-state index contributed by atoms with van der Waals surface area (Å²) in [6, 6.07) is 6.16. The summed E-state index contributed by atoms with van der Waals surface area (Å²) in [4.78, 5) is 4.16. The highest BCUT2D eigenvalue weighted by Crippen LogP contribution is 2.06. The van der Waals surface area contributed by atoms with Crippen molar-refractivity contribution in [3.05, 3.63) is 96.2 Å². The number of hydrogen-bond donors (Lipinski definition) is 0. The summed E-state index contributed by atoms with van der Waals surface area (Å²) in [5.74, 6) is -0.649. The second kappa shape index (κ2) is 9.40. The third-order valence-corrected chi connectivity index (χ3v) is 2.81. The molecule has 1 aromatic carbocycles. The van der Waals surface area contributed by atoms with E-state index in [4.69, 9.17) is 0 Å². The molecule has 0 aliphatic carbocycles. The molecule has 0 aromatic heterocycles. The lowest BCUT2D eigenvalue weighted by Gasteiger charge is -1.99. The third kappa shape index (κ3) is 6.27. The third-order valence-electron chi connectivity index (χ3n) is 2.81. The van der Waals surface area contributed by atoms with Gasteiger partial charge in [-0.05, 0) is 55.0 Å². The average molecular weight is 299 g/mol. The lowest BCUT2D eigenvalue weighted by molar-refractivity contribution is 0.628. The van der Waals surface area contributed by atoms with Gasteiger partial charge in [-0.2, -0.15) is 0 Å². The highest BCUT2D eigenvalue weighted by molar-refractivity contribution is 6.08. The molecule has 0 N–H and O–H groups in total. The molecule has 0 unspecified atom stereocenters. The summed E-state index contributed by atoms with van der Waals surface area (Å²) in [7, 11) is 1.68. The predicted molar refractivity (Wildman–Crippen MR) is 90.3 cm³/mol. The van der Waals surface area contributed by atoms with Crippen molar-refractivity contribution in [2.24, 2.45) is 4.99 Å². The molecule has 22 heavy (non-hydrogen) atoms. The minimum Gasteiger partial charge on any atom is -0.288 e. The molecule has 1 rings (SSSR count). The van der Waals surface area contributed by atoms with Gasteiger partial charge in [-0.15, -0.1) is 0 Å². The summed E-state index contributed by atoms with van der Waals surface area (Å²) in [5, 5.41) is 0. The highest BCUT2D eigenvalue weighted by atomic mass is 19.1. The van der Waals surface area contributed by atoms with E-state index in [9.17, 15) is 8.78 Å². The molecule has 0 bridgehead atoms. The number of rotatable bonds is 6. The van der Waals surface area contributed by atoms with Crippen LogP contribution in [-0.4, -0.2) is 12.8 Å². The van der Waals surface area contributed by atoms with Gasteiger partial charge in [0.2, 0.25) is 0 Å². The zero-order valence-corrected chi connectivity index (χ0v) is 12.8. The summed E-state index contributed by atoms with van der Waals surface area (Å²) in [5.41, 5.74) is 2.50. The Morgan fingerprint density at radius 1 is 1.09 bits per heavy atom. The number of aliphatic imine (C=N–C) groups is 1. The molecule has 0 aliphatic heterocycles. The molecular formula is C19H19F2N. The van der Waals surface area contributed by atoms with Gasteiger partial charge in [0, 0.05) is 7.05 Å². The van der Waals surface area contributed by atoms with Crippen molar-refractivity contribution >= 4 is 5.71 Å². The fourth-order valence-corrected chi connectivity index (χ4v) is 1.61. The largest absolute Gasteiger partial charge is 0.288 e. The van der Waals surface area contributed by atoms with Crippen LogP contribution in [0.5, 0.6) is 0 Å². The first-order valence-corrected chi connectivity index (χ1v) is 6.81. The fraction of sp³-hybridized carbons (Fsp3) is 0.105. The lowest BCUT2D eigenvalue weighted by atomic mass is 10.1.